The molecule has 0 aliphatic rings. The van der Waals surface area contributed by atoms with Crippen LogP contribution in [0.5, 0.6) is 0 Å². The van der Waals surface area contributed by atoms with Crippen molar-refractivity contribution in [2.24, 2.45) is 0 Å². The van der Waals surface area contributed by atoms with Gasteiger partial charge < -0.3 is 10.6 Å². The van der Waals surface area contributed by atoms with E-state index in [-0.39, 0.29) is 5.41 Å². The van der Waals surface area contributed by atoms with Crippen molar-refractivity contribution < 1.29 is 0 Å². The van der Waals surface area contributed by atoms with Gasteiger partial charge in [-0.15, -0.1) is 0 Å². The summed E-state index contributed by atoms with van der Waals surface area (Å²) >= 11 is 0. The van der Waals surface area contributed by atoms with Crippen LogP contribution in [0, 0.1) is 0 Å². The molecule has 16 heavy (non-hydrogen) atoms. The van der Waals surface area contributed by atoms with Crippen LogP contribution in [0.4, 0.5) is 5.69 Å². The number of anilines is 1. The van der Waals surface area contributed by atoms with Crippen molar-refractivity contribution >= 4 is 5.69 Å². The summed E-state index contributed by atoms with van der Waals surface area (Å²) < 4.78 is 0. The maximum Gasteiger partial charge on any atom is 0.0378 e. The summed E-state index contributed by atoms with van der Waals surface area (Å²) in [6.45, 7) is 11.9. The molecule has 90 valence electrons. The number of hydrogen-bond acceptors (Lipinski definition) is 2. The van der Waals surface area contributed by atoms with E-state index in [0.717, 1.165) is 19.6 Å². The lowest BCUT2D eigenvalue weighted by Gasteiger charge is -2.23. The highest BCUT2D eigenvalue weighted by molar-refractivity contribution is 5.54. The number of hydrogen-bond donors (Lipinski definition) is 2. The van der Waals surface area contributed by atoms with Gasteiger partial charge in [0.05, 0.1) is 0 Å². The molecule has 0 saturated heterocycles. The lowest BCUT2D eigenvalue weighted by molar-refractivity contribution is 0.591. The Labute approximate surface area is 99.5 Å². The summed E-state index contributed by atoms with van der Waals surface area (Å²) in [5, 5.41) is 6.81. The van der Waals surface area contributed by atoms with E-state index in [0.29, 0.717) is 0 Å². The van der Waals surface area contributed by atoms with Crippen molar-refractivity contribution in [3.05, 3.63) is 29.8 Å². The molecule has 0 spiro atoms. The predicted octanol–water partition coefficient (Wildman–Crippen LogP) is 3.01. The zero-order valence-corrected chi connectivity index (χ0v) is 10.9. The molecule has 0 fully saturated rings. The summed E-state index contributed by atoms with van der Waals surface area (Å²) in [6.07, 6.45) is 0. The number of benzene rings is 1. The van der Waals surface area contributed by atoms with E-state index in [1.54, 1.807) is 0 Å². The number of likely N-dealkylation sites (N-methyl/N-ethyl adjacent to an activating group) is 1. The second-order valence-corrected chi connectivity index (χ2v) is 5.08. The van der Waals surface area contributed by atoms with E-state index < -0.39 is 0 Å². The third-order valence-corrected chi connectivity index (χ3v) is 2.60. The first-order valence-corrected chi connectivity index (χ1v) is 6.10. The molecule has 0 heterocycles. The van der Waals surface area contributed by atoms with Crippen LogP contribution >= 0.6 is 0 Å². The molecule has 0 unspecified atom stereocenters. The Bertz CT molecular complexity index is 313. The van der Waals surface area contributed by atoms with Crippen molar-refractivity contribution in [1.29, 1.82) is 0 Å². The summed E-state index contributed by atoms with van der Waals surface area (Å²) in [7, 11) is 0. The number of rotatable bonds is 5. The monoisotopic (exact) mass is 220 g/mol. The Balaban J connectivity index is 2.65. The maximum absolute atomic E-state index is 3.49. The molecule has 2 N–H and O–H groups in total. The first kappa shape index (κ1) is 13.0. The Morgan fingerprint density at radius 3 is 2.38 bits per heavy atom. The first-order valence-electron chi connectivity index (χ1n) is 6.10. The van der Waals surface area contributed by atoms with Gasteiger partial charge in [-0.3, -0.25) is 0 Å². The van der Waals surface area contributed by atoms with Crippen LogP contribution in [-0.2, 0) is 5.41 Å². The smallest absolute Gasteiger partial charge is 0.0378 e. The Hall–Kier alpha value is -1.02. The largest absolute Gasteiger partial charge is 0.384 e. The molecule has 0 atom stereocenters. The van der Waals surface area contributed by atoms with E-state index in [1.807, 2.05) is 0 Å². The molecule has 1 rings (SSSR count). The van der Waals surface area contributed by atoms with Gasteiger partial charge in [0.15, 0.2) is 0 Å². The molecule has 2 heteroatoms. The number of para-hydroxylation sites is 1. The van der Waals surface area contributed by atoms with Gasteiger partial charge in [-0.05, 0) is 23.6 Å². The molecule has 0 aromatic heterocycles. The van der Waals surface area contributed by atoms with Gasteiger partial charge in [-0.1, -0.05) is 45.9 Å². The summed E-state index contributed by atoms with van der Waals surface area (Å²) in [6, 6.07) is 8.56. The van der Waals surface area contributed by atoms with Gasteiger partial charge in [0.1, 0.15) is 0 Å². The van der Waals surface area contributed by atoms with E-state index in [9.17, 15) is 0 Å². The van der Waals surface area contributed by atoms with Gasteiger partial charge in [-0.25, -0.2) is 0 Å². The summed E-state index contributed by atoms with van der Waals surface area (Å²) in [4.78, 5) is 0. The molecule has 1 aromatic rings. The standard InChI is InChI=1S/C14H24N2/c1-5-15-10-11-16-13-9-7-6-8-12(13)14(2,3)4/h6-9,15-16H,5,10-11H2,1-4H3. The van der Waals surface area contributed by atoms with Crippen LogP contribution in [0.25, 0.3) is 0 Å². The Morgan fingerprint density at radius 1 is 1.06 bits per heavy atom. The molecule has 0 saturated carbocycles. The van der Waals surface area contributed by atoms with Crippen molar-refractivity contribution in [2.45, 2.75) is 33.1 Å². The molecule has 2 nitrogen and oxygen atoms in total. The Morgan fingerprint density at radius 2 is 1.75 bits per heavy atom. The normalized spacial score (nSPS) is 11.5. The second kappa shape index (κ2) is 5.90. The minimum Gasteiger partial charge on any atom is -0.384 e. The van der Waals surface area contributed by atoms with Gasteiger partial charge in [-0.2, -0.15) is 0 Å². The second-order valence-electron chi connectivity index (χ2n) is 5.08. The first-order chi connectivity index (χ1) is 7.55. The van der Waals surface area contributed by atoms with Crippen LogP contribution in [0.1, 0.15) is 33.3 Å². The zero-order chi connectivity index (χ0) is 12.0. The van der Waals surface area contributed by atoms with Gasteiger partial charge >= 0.3 is 0 Å². The van der Waals surface area contributed by atoms with Crippen LogP contribution in [0.3, 0.4) is 0 Å². The summed E-state index contributed by atoms with van der Waals surface area (Å²) in [5.74, 6) is 0. The van der Waals surface area contributed by atoms with E-state index in [4.69, 9.17) is 0 Å². The van der Waals surface area contributed by atoms with E-state index in [1.165, 1.54) is 11.3 Å². The molecule has 0 amide bonds. The van der Waals surface area contributed by atoms with Crippen molar-refractivity contribution in [3.8, 4) is 0 Å². The Kier molecular flexibility index (Phi) is 4.81. The van der Waals surface area contributed by atoms with Crippen LogP contribution in [0.15, 0.2) is 24.3 Å². The zero-order valence-electron chi connectivity index (χ0n) is 10.9. The quantitative estimate of drug-likeness (QED) is 0.745. The lowest BCUT2D eigenvalue weighted by atomic mass is 9.86. The SMILES string of the molecule is CCNCCNc1ccccc1C(C)(C)C. The molecular formula is C14H24N2. The van der Waals surface area contributed by atoms with Crippen molar-refractivity contribution in [3.63, 3.8) is 0 Å². The topological polar surface area (TPSA) is 24.1 Å². The van der Waals surface area contributed by atoms with Gasteiger partial charge in [0.2, 0.25) is 0 Å². The fourth-order valence-corrected chi connectivity index (χ4v) is 1.75. The fourth-order valence-electron chi connectivity index (χ4n) is 1.75. The molecule has 0 aliphatic carbocycles. The molecule has 0 bridgehead atoms. The van der Waals surface area contributed by atoms with Crippen molar-refractivity contribution in [1.82, 2.24) is 5.32 Å². The maximum atomic E-state index is 3.49. The van der Waals surface area contributed by atoms with E-state index >= 15 is 0 Å². The van der Waals surface area contributed by atoms with Gasteiger partial charge in [0.25, 0.3) is 0 Å². The third-order valence-electron chi connectivity index (χ3n) is 2.60. The highest BCUT2D eigenvalue weighted by atomic mass is 14.9. The average molecular weight is 220 g/mol. The van der Waals surface area contributed by atoms with Crippen LogP contribution < -0.4 is 10.6 Å². The molecule has 0 radical (unpaired) electrons. The van der Waals surface area contributed by atoms with Crippen LogP contribution in [-0.4, -0.2) is 19.6 Å². The average Bonchev–Trinajstić information content (AvgIpc) is 2.24. The van der Waals surface area contributed by atoms with Crippen LogP contribution in [0.2, 0.25) is 0 Å². The third kappa shape index (κ3) is 3.86. The van der Waals surface area contributed by atoms with Gasteiger partial charge in [0, 0.05) is 18.8 Å². The molecular weight excluding hydrogens is 196 g/mol. The van der Waals surface area contributed by atoms with Crippen molar-refractivity contribution in [2.75, 3.05) is 25.0 Å². The van der Waals surface area contributed by atoms with E-state index in [2.05, 4.69) is 62.6 Å². The molecule has 1 aromatic carbocycles. The summed E-state index contributed by atoms with van der Waals surface area (Å²) in [5.41, 5.74) is 2.83. The highest BCUT2D eigenvalue weighted by Gasteiger charge is 2.16. The lowest BCUT2D eigenvalue weighted by Crippen LogP contribution is -2.23. The highest BCUT2D eigenvalue weighted by Crippen LogP contribution is 2.28. The fraction of sp³-hybridized carbons (Fsp3) is 0.571. The minimum atomic E-state index is 0.196. The predicted molar refractivity (Wildman–Crippen MR) is 72.2 cm³/mol. The number of nitrogens with one attached hydrogen (secondary N) is 2. The minimum absolute atomic E-state index is 0.196. The molecule has 0 aliphatic heterocycles.